The van der Waals surface area contributed by atoms with Crippen LogP contribution in [0.15, 0.2) is 30.5 Å². The van der Waals surface area contributed by atoms with Crippen molar-refractivity contribution >= 4 is 16.5 Å². The molecule has 2 aromatic rings. The number of aromatic amines is 1. The fraction of sp³-hybridized carbons (Fsp3) is 0.333. The Balaban J connectivity index is 1.98. The number of benzene rings is 1. The van der Waals surface area contributed by atoms with E-state index in [-0.39, 0.29) is 5.82 Å². The quantitative estimate of drug-likeness (QED) is 0.857. The SMILES string of the molecule is CCN1CC=C(c2c[nH]c3cc(F)ccc23)CC1. The lowest BCUT2D eigenvalue weighted by Gasteiger charge is -2.24. The van der Waals surface area contributed by atoms with Crippen LogP contribution in [0.1, 0.15) is 18.9 Å². The Hall–Kier alpha value is -1.61. The van der Waals surface area contributed by atoms with Crippen molar-refractivity contribution in [1.29, 1.82) is 0 Å². The fourth-order valence-corrected chi connectivity index (χ4v) is 2.61. The number of rotatable bonds is 2. The molecule has 1 aromatic heterocycles. The van der Waals surface area contributed by atoms with E-state index in [4.69, 9.17) is 0 Å². The molecule has 0 aliphatic carbocycles. The third kappa shape index (κ3) is 1.95. The second kappa shape index (κ2) is 4.58. The molecule has 94 valence electrons. The summed E-state index contributed by atoms with van der Waals surface area (Å²) in [6.07, 6.45) is 5.36. The highest BCUT2D eigenvalue weighted by atomic mass is 19.1. The molecule has 2 nitrogen and oxygen atoms in total. The first kappa shape index (κ1) is 11.5. The molecule has 1 aromatic carbocycles. The molecule has 0 atom stereocenters. The number of nitrogens with zero attached hydrogens (tertiary/aromatic N) is 1. The Morgan fingerprint density at radius 1 is 1.39 bits per heavy atom. The van der Waals surface area contributed by atoms with Gasteiger partial charge in [0.05, 0.1) is 0 Å². The van der Waals surface area contributed by atoms with Gasteiger partial charge in [-0.05, 0) is 36.7 Å². The number of hydrogen-bond acceptors (Lipinski definition) is 1. The lowest BCUT2D eigenvalue weighted by Crippen LogP contribution is -2.27. The van der Waals surface area contributed by atoms with Gasteiger partial charge >= 0.3 is 0 Å². The summed E-state index contributed by atoms with van der Waals surface area (Å²) in [7, 11) is 0. The van der Waals surface area contributed by atoms with Gasteiger partial charge in [-0.3, -0.25) is 4.90 Å². The van der Waals surface area contributed by atoms with Crippen molar-refractivity contribution in [3.05, 3.63) is 41.9 Å². The highest BCUT2D eigenvalue weighted by molar-refractivity contribution is 5.92. The third-order valence-corrected chi connectivity index (χ3v) is 3.73. The highest BCUT2D eigenvalue weighted by Crippen LogP contribution is 2.29. The van der Waals surface area contributed by atoms with Crippen LogP contribution >= 0.6 is 0 Å². The standard InChI is InChI=1S/C15H17FN2/c1-2-18-7-5-11(6-8-18)14-10-17-15-9-12(16)3-4-13(14)15/h3-5,9-10,17H,2,6-8H2,1H3. The summed E-state index contributed by atoms with van der Waals surface area (Å²) in [6.45, 7) is 5.41. The molecule has 0 radical (unpaired) electrons. The smallest absolute Gasteiger partial charge is 0.125 e. The number of nitrogens with one attached hydrogen (secondary N) is 1. The topological polar surface area (TPSA) is 19.0 Å². The van der Waals surface area contributed by atoms with Crippen LogP contribution in [0.2, 0.25) is 0 Å². The molecule has 18 heavy (non-hydrogen) atoms. The van der Waals surface area contributed by atoms with Gasteiger partial charge in [0.15, 0.2) is 0 Å². The van der Waals surface area contributed by atoms with E-state index in [1.807, 2.05) is 12.3 Å². The van der Waals surface area contributed by atoms with Crippen LogP contribution in [0.4, 0.5) is 4.39 Å². The Kier molecular flexibility index (Phi) is 2.92. The maximum atomic E-state index is 13.1. The summed E-state index contributed by atoms with van der Waals surface area (Å²) in [5, 5.41) is 1.12. The summed E-state index contributed by atoms with van der Waals surface area (Å²) < 4.78 is 13.1. The van der Waals surface area contributed by atoms with E-state index in [1.165, 1.54) is 17.2 Å². The maximum absolute atomic E-state index is 13.1. The predicted octanol–water partition coefficient (Wildman–Crippen LogP) is 3.42. The Morgan fingerprint density at radius 3 is 3.00 bits per heavy atom. The van der Waals surface area contributed by atoms with Crippen molar-refractivity contribution in [1.82, 2.24) is 9.88 Å². The molecule has 0 bridgehead atoms. The molecule has 3 heteroatoms. The van der Waals surface area contributed by atoms with Crippen molar-refractivity contribution in [2.45, 2.75) is 13.3 Å². The van der Waals surface area contributed by atoms with Crippen molar-refractivity contribution in [2.75, 3.05) is 19.6 Å². The molecule has 2 heterocycles. The van der Waals surface area contributed by atoms with E-state index in [9.17, 15) is 4.39 Å². The van der Waals surface area contributed by atoms with E-state index >= 15 is 0 Å². The third-order valence-electron chi connectivity index (χ3n) is 3.73. The number of aromatic nitrogens is 1. The summed E-state index contributed by atoms with van der Waals surface area (Å²) in [6, 6.07) is 4.95. The number of hydrogen-bond donors (Lipinski definition) is 1. The Labute approximate surface area is 106 Å². The van der Waals surface area contributed by atoms with Crippen LogP contribution in [0, 0.1) is 5.82 Å². The molecule has 0 spiro atoms. The van der Waals surface area contributed by atoms with Crippen LogP contribution in [0.5, 0.6) is 0 Å². The minimum atomic E-state index is -0.189. The fourth-order valence-electron chi connectivity index (χ4n) is 2.61. The molecular weight excluding hydrogens is 227 g/mol. The van der Waals surface area contributed by atoms with Crippen LogP contribution < -0.4 is 0 Å². The average molecular weight is 244 g/mol. The normalized spacial score (nSPS) is 17.1. The van der Waals surface area contributed by atoms with Gasteiger partial charge in [-0.2, -0.15) is 0 Å². The van der Waals surface area contributed by atoms with Crippen LogP contribution in [-0.2, 0) is 0 Å². The summed E-state index contributed by atoms with van der Waals surface area (Å²) >= 11 is 0. The van der Waals surface area contributed by atoms with Gasteiger partial charge in [0.25, 0.3) is 0 Å². The number of likely N-dealkylation sites (N-methyl/N-ethyl adjacent to an activating group) is 1. The Morgan fingerprint density at radius 2 is 2.28 bits per heavy atom. The van der Waals surface area contributed by atoms with E-state index in [2.05, 4.69) is 22.9 Å². The van der Waals surface area contributed by atoms with Gasteiger partial charge in [-0.1, -0.05) is 13.0 Å². The van der Waals surface area contributed by atoms with Gasteiger partial charge in [0.2, 0.25) is 0 Å². The molecule has 1 aliphatic rings. The largest absolute Gasteiger partial charge is 0.360 e. The summed E-state index contributed by atoms with van der Waals surface area (Å²) in [5.74, 6) is -0.189. The highest BCUT2D eigenvalue weighted by Gasteiger charge is 2.14. The Bertz CT molecular complexity index is 598. The van der Waals surface area contributed by atoms with E-state index in [0.29, 0.717) is 0 Å². The molecule has 0 saturated heterocycles. The van der Waals surface area contributed by atoms with Gasteiger partial charge in [0, 0.05) is 35.8 Å². The second-order valence-corrected chi connectivity index (χ2v) is 4.76. The number of H-pyrrole nitrogens is 1. The zero-order chi connectivity index (χ0) is 12.5. The van der Waals surface area contributed by atoms with Crippen molar-refractivity contribution in [2.24, 2.45) is 0 Å². The zero-order valence-corrected chi connectivity index (χ0v) is 10.5. The maximum Gasteiger partial charge on any atom is 0.125 e. The first-order chi connectivity index (χ1) is 8.78. The van der Waals surface area contributed by atoms with Crippen molar-refractivity contribution in [3.8, 4) is 0 Å². The van der Waals surface area contributed by atoms with Crippen molar-refractivity contribution in [3.63, 3.8) is 0 Å². The minimum absolute atomic E-state index is 0.189. The minimum Gasteiger partial charge on any atom is -0.360 e. The second-order valence-electron chi connectivity index (χ2n) is 4.76. The molecular formula is C15H17FN2. The van der Waals surface area contributed by atoms with E-state index < -0.39 is 0 Å². The number of halogens is 1. The molecule has 0 saturated carbocycles. The van der Waals surface area contributed by atoms with E-state index in [0.717, 1.165) is 37.0 Å². The number of fused-ring (bicyclic) bond motifs is 1. The molecule has 1 aliphatic heterocycles. The van der Waals surface area contributed by atoms with Gasteiger partial charge in [0.1, 0.15) is 5.82 Å². The lowest BCUT2D eigenvalue weighted by molar-refractivity contribution is 0.319. The molecule has 0 fully saturated rings. The summed E-state index contributed by atoms with van der Waals surface area (Å²) in [5.41, 5.74) is 3.47. The van der Waals surface area contributed by atoms with Crippen LogP contribution in [0.25, 0.3) is 16.5 Å². The first-order valence-electron chi connectivity index (χ1n) is 6.46. The zero-order valence-electron chi connectivity index (χ0n) is 10.5. The molecule has 0 amide bonds. The van der Waals surface area contributed by atoms with Gasteiger partial charge in [-0.25, -0.2) is 4.39 Å². The van der Waals surface area contributed by atoms with Crippen molar-refractivity contribution < 1.29 is 4.39 Å². The predicted molar refractivity (Wildman–Crippen MR) is 73.0 cm³/mol. The van der Waals surface area contributed by atoms with Gasteiger partial charge < -0.3 is 4.98 Å². The van der Waals surface area contributed by atoms with Crippen LogP contribution in [0.3, 0.4) is 0 Å². The summed E-state index contributed by atoms with van der Waals surface area (Å²) in [4.78, 5) is 5.57. The molecule has 1 N–H and O–H groups in total. The molecule has 0 unspecified atom stereocenters. The van der Waals surface area contributed by atoms with Crippen LogP contribution in [-0.4, -0.2) is 29.5 Å². The monoisotopic (exact) mass is 244 g/mol. The van der Waals surface area contributed by atoms with E-state index in [1.54, 1.807) is 6.07 Å². The molecule has 3 rings (SSSR count). The average Bonchev–Trinajstić information content (AvgIpc) is 2.81. The first-order valence-corrected chi connectivity index (χ1v) is 6.46. The van der Waals surface area contributed by atoms with Gasteiger partial charge in [-0.15, -0.1) is 0 Å². The lowest BCUT2D eigenvalue weighted by atomic mass is 9.99.